The van der Waals surface area contributed by atoms with Crippen LogP contribution in [0.15, 0.2) is 24.3 Å². The maximum Gasteiger partial charge on any atom is 0.113 e. The Morgan fingerprint density at radius 3 is 2.71 bits per heavy atom. The molecule has 0 fully saturated rings. The van der Waals surface area contributed by atoms with Crippen LogP contribution in [-0.4, -0.2) is 27.1 Å². The predicted molar refractivity (Wildman–Crippen MR) is 70.0 cm³/mol. The van der Waals surface area contributed by atoms with Crippen LogP contribution in [0.25, 0.3) is 11.0 Å². The largest absolute Gasteiger partial charge is 0.310 e. The Hall–Kier alpha value is -1.42. The Bertz CT molecular complexity index is 495. The first-order valence-electron chi connectivity index (χ1n) is 6.02. The number of rotatable bonds is 3. The Kier molecular flexibility index (Phi) is 3.15. The van der Waals surface area contributed by atoms with Gasteiger partial charge in [0.1, 0.15) is 5.52 Å². The van der Waals surface area contributed by atoms with E-state index in [0.717, 1.165) is 17.6 Å². The molecular weight excluding hydrogens is 212 g/mol. The van der Waals surface area contributed by atoms with E-state index >= 15 is 0 Å². The molecule has 0 saturated heterocycles. The molecule has 92 valence electrons. The maximum atomic E-state index is 4.22. The van der Waals surface area contributed by atoms with Crippen molar-refractivity contribution >= 4 is 11.0 Å². The van der Waals surface area contributed by atoms with Crippen molar-refractivity contribution in [1.29, 1.82) is 0 Å². The highest BCUT2D eigenvalue weighted by Gasteiger charge is 2.14. The van der Waals surface area contributed by atoms with Gasteiger partial charge in [-0.05, 0) is 39.8 Å². The molecule has 0 saturated carbocycles. The second kappa shape index (κ2) is 4.45. The third-order valence-corrected chi connectivity index (χ3v) is 2.72. The molecule has 4 nitrogen and oxygen atoms in total. The Morgan fingerprint density at radius 1 is 1.29 bits per heavy atom. The molecule has 1 heterocycles. The molecule has 17 heavy (non-hydrogen) atoms. The van der Waals surface area contributed by atoms with Gasteiger partial charge >= 0.3 is 0 Å². The Labute approximate surface area is 102 Å². The summed E-state index contributed by atoms with van der Waals surface area (Å²) in [6.45, 7) is 9.54. The van der Waals surface area contributed by atoms with Crippen LogP contribution in [0, 0.1) is 0 Å². The number of fused-ring (bicyclic) bond motifs is 1. The summed E-state index contributed by atoms with van der Waals surface area (Å²) in [6.07, 6.45) is 0. The second-order valence-electron chi connectivity index (χ2n) is 5.50. The van der Waals surface area contributed by atoms with E-state index in [-0.39, 0.29) is 5.54 Å². The van der Waals surface area contributed by atoms with Gasteiger partial charge in [0.25, 0.3) is 0 Å². The van der Waals surface area contributed by atoms with Crippen molar-refractivity contribution < 1.29 is 0 Å². The van der Waals surface area contributed by atoms with Gasteiger partial charge in [-0.1, -0.05) is 17.3 Å². The summed E-state index contributed by atoms with van der Waals surface area (Å²) in [7, 11) is 0. The zero-order valence-electron chi connectivity index (χ0n) is 10.9. The number of hydrogen-bond donors (Lipinski definition) is 1. The van der Waals surface area contributed by atoms with E-state index in [9.17, 15) is 0 Å². The first kappa shape index (κ1) is 12.0. The first-order valence-corrected chi connectivity index (χ1v) is 6.02. The maximum absolute atomic E-state index is 4.22. The minimum atomic E-state index is 0.130. The molecule has 0 radical (unpaired) electrons. The number of nitrogens with one attached hydrogen (secondary N) is 1. The summed E-state index contributed by atoms with van der Waals surface area (Å²) in [5.41, 5.74) is 2.18. The van der Waals surface area contributed by atoms with Crippen LogP contribution >= 0.6 is 0 Å². The topological polar surface area (TPSA) is 42.7 Å². The van der Waals surface area contributed by atoms with Gasteiger partial charge in [-0.15, -0.1) is 5.10 Å². The minimum Gasteiger partial charge on any atom is -0.310 e. The quantitative estimate of drug-likeness (QED) is 0.883. The Morgan fingerprint density at radius 2 is 2.00 bits per heavy atom. The van der Waals surface area contributed by atoms with Crippen LogP contribution in [0.2, 0.25) is 0 Å². The first-order chi connectivity index (χ1) is 7.97. The highest BCUT2D eigenvalue weighted by molar-refractivity contribution is 5.73. The zero-order chi connectivity index (χ0) is 12.5. The van der Waals surface area contributed by atoms with Gasteiger partial charge in [-0.25, -0.2) is 4.68 Å². The number of nitrogens with zero attached hydrogens (tertiary/aromatic N) is 3. The molecule has 1 atom stereocenters. The predicted octanol–water partition coefficient (Wildman–Crippen LogP) is 2.38. The van der Waals surface area contributed by atoms with Gasteiger partial charge in [0.15, 0.2) is 0 Å². The van der Waals surface area contributed by atoms with Gasteiger partial charge in [0.2, 0.25) is 0 Å². The lowest BCUT2D eigenvalue weighted by Gasteiger charge is -2.23. The van der Waals surface area contributed by atoms with Gasteiger partial charge in [-0.3, -0.25) is 0 Å². The molecule has 0 spiro atoms. The average Bonchev–Trinajstić information content (AvgIpc) is 2.68. The normalized spacial score (nSPS) is 14.1. The number of aromatic nitrogens is 3. The molecule has 0 amide bonds. The van der Waals surface area contributed by atoms with Crippen LogP contribution in [0.4, 0.5) is 0 Å². The monoisotopic (exact) mass is 232 g/mol. The molecule has 1 N–H and O–H groups in total. The van der Waals surface area contributed by atoms with Gasteiger partial charge in [0.05, 0.1) is 11.6 Å². The van der Waals surface area contributed by atoms with Gasteiger partial charge < -0.3 is 5.32 Å². The van der Waals surface area contributed by atoms with E-state index in [0.29, 0.717) is 6.04 Å². The van der Waals surface area contributed by atoms with Crippen molar-refractivity contribution in [1.82, 2.24) is 20.3 Å². The third-order valence-electron chi connectivity index (χ3n) is 2.72. The number of benzene rings is 1. The third kappa shape index (κ3) is 2.82. The van der Waals surface area contributed by atoms with E-state index < -0.39 is 0 Å². The van der Waals surface area contributed by atoms with E-state index in [2.05, 4.69) is 49.4 Å². The summed E-state index contributed by atoms with van der Waals surface area (Å²) >= 11 is 0. The van der Waals surface area contributed by atoms with E-state index in [1.807, 2.05) is 22.9 Å². The van der Waals surface area contributed by atoms with Crippen molar-refractivity contribution in [3.63, 3.8) is 0 Å². The molecular formula is C13H20N4. The summed E-state index contributed by atoms with van der Waals surface area (Å²) < 4.78 is 1.98. The van der Waals surface area contributed by atoms with Crippen LogP contribution in [0.3, 0.4) is 0 Å². The summed E-state index contributed by atoms with van der Waals surface area (Å²) in [5.74, 6) is 0. The van der Waals surface area contributed by atoms with E-state index in [4.69, 9.17) is 0 Å². The van der Waals surface area contributed by atoms with Crippen LogP contribution in [0.1, 0.15) is 33.7 Å². The zero-order valence-corrected chi connectivity index (χ0v) is 10.9. The molecule has 0 aliphatic carbocycles. The lowest BCUT2D eigenvalue weighted by Crippen LogP contribution is -2.39. The molecule has 1 aromatic heterocycles. The van der Waals surface area contributed by atoms with Crippen molar-refractivity contribution in [3.8, 4) is 0 Å². The molecule has 1 unspecified atom stereocenters. The molecule has 0 aliphatic heterocycles. The molecule has 4 heteroatoms. The fraction of sp³-hybridized carbons (Fsp3) is 0.538. The van der Waals surface area contributed by atoms with Crippen LogP contribution in [-0.2, 0) is 0 Å². The fourth-order valence-corrected chi connectivity index (χ4v) is 1.75. The summed E-state index contributed by atoms with van der Waals surface area (Å²) in [5, 5.41) is 11.9. The highest BCUT2D eigenvalue weighted by atomic mass is 15.4. The van der Waals surface area contributed by atoms with Crippen molar-refractivity contribution in [2.45, 2.75) is 39.3 Å². The second-order valence-corrected chi connectivity index (χ2v) is 5.50. The fourth-order valence-electron chi connectivity index (χ4n) is 1.75. The molecule has 1 aromatic carbocycles. The van der Waals surface area contributed by atoms with Crippen molar-refractivity contribution in [2.24, 2.45) is 0 Å². The number of para-hydroxylation sites is 1. The lowest BCUT2D eigenvalue weighted by atomic mass is 10.1. The van der Waals surface area contributed by atoms with Crippen LogP contribution < -0.4 is 5.32 Å². The molecule has 0 bridgehead atoms. The SMILES string of the molecule is CC(CNC(C)(C)C)n1nnc2ccccc21. The highest BCUT2D eigenvalue weighted by Crippen LogP contribution is 2.15. The van der Waals surface area contributed by atoms with Crippen LogP contribution in [0.5, 0.6) is 0 Å². The van der Waals surface area contributed by atoms with Crippen molar-refractivity contribution in [2.75, 3.05) is 6.54 Å². The lowest BCUT2D eigenvalue weighted by molar-refractivity contribution is 0.366. The van der Waals surface area contributed by atoms with Gasteiger partial charge in [0, 0.05) is 12.1 Å². The average molecular weight is 232 g/mol. The van der Waals surface area contributed by atoms with E-state index in [1.54, 1.807) is 0 Å². The van der Waals surface area contributed by atoms with Crippen molar-refractivity contribution in [3.05, 3.63) is 24.3 Å². The summed E-state index contributed by atoms with van der Waals surface area (Å²) in [4.78, 5) is 0. The minimum absolute atomic E-state index is 0.130. The molecule has 2 aromatic rings. The van der Waals surface area contributed by atoms with Gasteiger partial charge in [-0.2, -0.15) is 0 Å². The molecule has 2 rings (SSSR count). The standard InChI is InChI=1S/C13H20N4/c1-10(9-14-13(2,3)4)17-12-8-6-5-7-11(12)15-16-17/h5-8,10,14H,9H2,1-4H3. The van der Waals surface area contributed by atoms with E-state index in [1.165, 1.54) is 0 Å². The number of hydrogen-bond acceptors (Lipinski definition) is 3. The Balaban J connectivity index is 2.16. The molecule has 0 aliphatic rings. The summed E-state index contributed by atoms with van der Waals surface area (Å²) in [6, 6.07) is 8.35. The smallest absolute Gasteiger partial charge is 0.113 e.